The summed E-state index contributed by atoms with van der Waals surface area (Å²) >= 11 is 3.37. The SMILES string of the molecule is CCNC(c1ccc(Br)cc1)c1cc(F)c(C)cc1F. The maximum Gasteiger partial charge on any atom is 0.128 e. The first-order chi connectivity index (χ1) is 9.52. The average molecular weight is 340 g/mol. The van der Waals surface area contributed by atoms with Gasteiger partial charge in [0.15, 0.2) is 0 Å². The predicted molar refractivity (Wildman–Crippen MR) is 80.8 cm³/mol. The summed E-state index contributed by atoms with van der Waals surface area (Å²) in [6.07, 6.45) is 0. The van der Waals surface area contributed by atoms with Crippen LogP contribution in [0, 0.1) is 18.6 Å². The number of nitrogens with one attached hydrogen (secondary N) is 1. The highest BCUT2D eigenvalue weighted by Gasteiger charge is 2.18. The lowest BCUT2D eigenvalue weighted by molar-refractivity contribution is 0.541. The molecule has 1 N–H and O–H groups in total. The van der Waals surface area contributed by atoms with Crippen LogP contribution in [0.2, 0.25) is 0 Å². The molecule has 0 aliphatic rings. The molecule has 0 heterocycles. The lowest BCUT2D eigenvalue weighted by Crippen LogP contribution is -2.23. The molecule has 2 aromatic rings. The minimum Gasteiger partial charge on any atom is -0.306 e. The summed E-state index contributed by atoms with van der Waals surface area (Å²) in [5.74, 6) is -0.779. The average Bonchev–Trinajstić information content (AvgIpc) is 2.42. The van der Waals surface area contributed by atoms with Gasteiger partial charge in [-0.1, -0.05) is 35.0 Å². The Morgan fingerprint density at radius 3 is 2.35 bits per heavy atom. The number of benzene rings is 2. The topological polar surface area (TPSA) is 12.0 Å². The van der Waals surface area contributed by atoms with E-state index in [9.17, 15) is 8.78 Å². The van der Waals surface area contributed by atoms with Gasteiger partial charge in [0, 0.05) is 10.0 Å². The minimum atomic E-state index is -0.391. The van der Waals surface area contributed by atoms with Crippen molar-refractivity contribution in [2.24, 2.45) is 0 Å². The van der Waals surface area contributed by atoms with Crippen molar-refractivity contribution in [1.29, 1.82) is 0 Å². The molecular formula is C16H16BrF2N. The van der Waals surface area contributed by atoms with Crippen LogP contribution in [0.15, 0.2) is 40.9 Å². The second-order valence-electron chi connectivity index (χ2n) is 4.67. The summed E-state index contributed by atoms with van der Waals surface area (Å²) in [7, 11) is 0. The number of hydrogen-bond acceptors (Lipinski definition) is 1. The minimum absolute atomic E-state index is 0.317. The van der Waals surface area contributed by atoms with E-state index >= 15 is 0 Å². The highest BCUT2D eigenvalue weighted by atomic mass is 79.9. The Morgan fingerprint density at radius 2 is 1.75 bits per heavy atom. The van der Waals surface area contributed by atoms with Crippen LogP contribution in [0.25, 0.3) is 0 Å². The van der Waals surface area contributed by atoms with Crippen molar-refractivity contribution < 1.29 is 8.78 Å². The molecule has 1 unspecified atom stereocenters. The van der Waals surface area contributed by atoms with E-state index in [-0.39, 0.29) is 11.9 Å². The molecule has 0 aliphatic heterocycles. The molecule has 0 saturated heterocycles. The molecular weight excluding hydrogens is 324 g/mol. The summed E-state index contributed by atoms with van der Waals surface area (Å²) in [4.78, 5) is 0. The van der Waals surface area contributed by atoms with E-state index in [2.05, 4.69) is 21.2 Å². The summed E-state index contributed by atoms with van der Waals surface area (Å²) in [5.41, 5.74) is 1.55. The molecule has 106 valence electrons. The summed E-state index contributed by atoms with van der Waals surface area (Å²) in [6.45, 7) is 4.16. The van der Waals surface area contributed by atoms with Crippen LogP contribution in [0.3, 0.4) is 0 Å². The van der Waals surface area contributed by atoms with Crippen molar-refractivity contribution >= 4 is 15.9 Å². The quantitative estimate of drug-likeness (QED) is 0.848. The number of rotatable bonds is 4. The van der Waals surface area contributed by atoms with Gasteiger partial charge in [-0.25, -0.2) is 8.78 Å². The van der Waals surface area contributed by atoms with Crippen LogP contribution in [0.4, 0.5) is 8.78 Å². The fourth-order valence-electron chi connectivity index (χ4n) is 2.15. The molecule has 4 heteroatoms. The van der Waals surface area contributed by atoms with Crippen molar-refractivity contribution in [1.82, 2.24) is 5.32 Å². The van der Waals surface area contributed by atoms with E-state index < -0.39 is 5.82 Å². The van der Waals surface area contributed by atoms with Crippen LogP contribution in [-0.4, -0.2) is 6.54 Å². The van der Waals surface area contributed by atoms with Gasteiger partial charge >= 0.3 is 0 Å². The van der Waals surface area contributed by atoms with Crippen molar-refractivity contribution in [3.8, 4) is 0 Å². The Labute approximate surface area is 126 Å². The van der Waals surface area contributed by atoms with Crippen LogP contribution in [-0.2, 0) is 0 Å². The second-order valence-corrected chi connectivity index (χ2v) is 5.58. The monoisotopic (exact) mass is 339 g/mol. The Kier molecular flexibility index (Phi) is 4.89. The number of aryl methyl sites for hydroxylation is 1. The van der Waals surface area contributed by atoms with Gasteiger partial charge in [0.25, 0.3) is 0 Å². The molecule has 2 rings (SSSR count). The highest BCUT2D eigenvalue weighted by Crippen LogP contribution is 2.27. The van der Waals surface area contributed by atoms with Crippen LogP contribution >= 0.6 is 15.9 Å². The largest absolute Gasteiger partial charge is 0.306 e. The van der Waals surface area contributed by atoms with Gasteiger partial charge in [-0.05, 0) is 48.9 Å². The lowest BCUT2D eigenvalue weighted by Gasteiger charge is -2.20. The summed E-state index contributed by atoms with van der Waals surface area (Å²) in [6, 6.07) is 9.74. The zero-order valence-electron chi connectivity index (χ0n) is 11.4. The summed E-state index contributed by atoms with van der Waals surface area (Å²) in [5, 5.41) is 3.20. The standard InChI is InChI=1S/C16H16BrF2N/c1-3-20-16(11-4-6-12(17)7-5-11)13-9-14(18)10(2)8-15(13)19/h4-9,16,20H,3H2,1-2H3. The molecule has 0 fully saturated rings. The normalized spacial score (nSPS) is 12.4. The molecule has 1 nitrogen and oxygen atoms in total. The fraction of sp³-hybridized carbons (Fsp3) is 0.250. The van der Waals surface area contributed by atoms with Gasteiger partial charge in [-0.2, -0.15) is 0 Å². The molecule has 20 heavy (non-hydrogen) atoms. The van der Waals surface area contributed by atoms with E-state index in [0.29, 0.717) is 17.7 Å². The molecule has 0 aliphatic carbocycles. The van der Waals surface area contributed by atoms with Gasteiger partial charge in [0.2, 0.25) is 0 Å². The molecule has 0 amide bonds. The second kappa shape index (κ2) is 6.46. The van der Waals surface area contributed by atoms with E-state index in [1.807, 2.05) is 31.2 Å². The molecule has 0 bridgehead atoms. The van der Waals surface area contributed by atoms with E-state index in [1.165, 1.54) is 12.1 Å². The third-order valence-corrected chi connectivity index (χ3v) is 3.73. The first-order valence-corrected chi connectivity index (χ1v) is 7.26. The van der Waals surface area contributed by atoms with Crippen LogP contribution in [0.1, 0.15) is 29.7 Å². The Balaban J connectivity index is 2.48. The zero-order chi connectivity index (χ0) is 14.7. The molecule has 0 aromatic heterocycles. The molecule has 1 atom stereocenters. The van der Waals surface area contributed by atoms with Crippen molar-refractivity contribution in [3.63, 3.8) is 0 Å². The van der Waals surface area contributed by atoms with Gasteiger partial charge in [0.1, 0.15) is 11.6 Å². The first-order valence-electron chi connectivity index (χ1n) is 6.47. The van der Waals surface area contributed by atoms with Gasteiger partial charge < -0.3 is 5.32 Å². The molecule has 0 radical (unpaired) electrons. The van der Waals surface area contributed by atoms with Crippen molar-refractivity contribution in [3.05, 3.63) is 69.2 Å². The first kappa shape index (κ1) is 15.1. The third kappa shape index (κ3) is 3.25. The van der Waals surface area contributed by atoms with E-state index in [1.54, 1.807) is 6.92 Å². The Morgan fingerprint density at radius 1 is 1.10 bits per heavy atom. The van der Waals surface area contributed by atoms with E-state index in [4.69, 9.17) is 0 Å². The zero-order valence-corrected chi connectivity index (χ0v) is 13.0. The van der Waals surface area contributed by atoms with Gasteiger partial charge in [0.05, 0.1) is 6.04 Å². The third-order valence-electron chi connectivity index (χ3n) is 3.20. The highest BCUT2D eigenvalue weighted by molar-refractivity contribution is 9.10. The number of halogens is 3. The Bertz CT molecular complexity index is 596. The number of hydrogen-bond donors (Lipinski definition) is 1. The van der Waals surface area contributed by atoms with Crippen molar-refractivity contribution in [2.75, 3.05) is 6.54 Å². The van der Waals surface area contributed by atoms with Gasteiger partial charge in [-0.3, -0.25) is 0 Å². The molecule has 0 spiro atoms. The van der Waals surface area contributed by atoms with E-state index in [0.717, 1.165) is 10.0 Å². The van der Waals surface area contributed by atoms with Gasteiger partial charge in [-0.15, -0.1) is 0 Å². The molecule has 2 aromatic carbocycles. The predicted octanol–water partition coefficient (Wildman–Crippen LogP) is 4.73. The maximum atomic E-state index is 14.2. The fourth-order valence-corrected chi connectivity index (χ4v) is 2.41. The lowest BCUT2D eigenvalue weighted by atomic mass is 9.97. The van der Waals surface area contributed by atoms with Crippen molar-refractivity contribution in [2.45, 2.75) is 19.9 Å². The summed E-state index contributed by atoms with van der Waals surface area (Å²) < 4.78 is 28.8. The smallest absolute Gasteiger partial charge is 0.128 e. The Hall–Kier alpha value is -1.26. The van der Waals surface area contributed by atoms with Crippen LogP contribution in [0.5, 0.6) is 0 Å². The van der Waals surface area contributed by atoms with Crippen LogP contribution < -0.4 is 5.32 Å². The maximum absolute atomic E-state index is 14.2. The molecule has 0 saturated carbocycles.